The van der Waals surface area contributed by atoms with Crippen molar-refractivity contribution >= 4 is 11.7 Å². The maximum atomic E-state index is 13.3. The smallest absolute Gasteiger partial charge is 0.319 e. The summed E-state index contributed by atoms with van der Waals surface area (Å²) in [5.74, 6) is 0.269. The minimum Gasteiger partial charge on any atom is -0.389 e. The maximum Gasteiger partial charge on any atom is 0.319 e. The Hall–Kier alpha value is -1.66. The fraction of sp³-hybridized carbons (Fsp3) is 0.533. The predicted molar refractivity (Wildman–Crippen MR) is 77.7 cm³/mol. The SMILES string of the molecule is Cc1c(F)cccc1NC(=O)NCC(O)COCC1CC1. The molecule has 0 spiro atoms. The topological polar surface area (TPSA) is 70.6 Å². The molecule has 2 rings (SSSR count). The molecule has 1 atom stereocenters. The van der Waals surface area contributed by atoms with Crippen molar-refractivity contribution in [3.63, 3.8) is 0 Å². The highest BCUT2D eigenvalue weighted by molar-refractivity contribution is 5.90. The number of hydrogen-bond acceptors (Lipinski definition) is 3. The van der Waals surface area contributed by atoms with E-state index in [-0.39, 0.29) is 19.0 Å². The van der Waals surface area contributed by atoms with Crippen LogP contribution in [0.25, 0.3) is 0 Å². The molecule has 1 aromatic carbocycles. The fourth-order valence-electron chi connectivity index (χ4n) is 1.83. The molecule has 2 amide bonds. The van der Waals surface area contributed by atoms with E-state index in [1.165, 1.54) is 25.0 Å². The lowest BCUT2D eigenvalue weighted by Gasteiger charge is -2.14. The Morgan fingerprint density at radius 3 is 3.00 bits per heavy atom. The summed E-state index contributed by atoms with van der Waals surface area (Å²) in [7, 11) is 0. The number of anilines is 1. The molecule has 6 heteroatoms. The summed E-state index contributed by atoms with van der Waals surface area (Å²) in [6.45, 7) is 2.55. The van der Waals surface area contributed by atoms with Gasteiger partial charge in [0.1, 0.15) is 5.82 Å². The average molecular weight is 296 g/mol. The number of carbonyl (C=O) groups excluding carboxylic acids is 1. The van der Waals surface area contributed by atoms with E-state index in [9.17, 15) is 14.3 Å². The molecular weight excluding hydrogens is 275 g/mol. The number of urea groups is 1. The van der Waals surface area contributed by atoms with E-state index in [0.29, 0.717) is 23.8 Å². The number of aliphatic hydroxyl groups excluding tert-OH is 1. The van der Waals surface area contributed by atoms with Crippen molar-refractivity contribution < 1.29 is 19.0 Å². The quantitative estimate of drug-likeness (QED) is 0.721. The van der Waals surface area contributed by atoms with Crippen LogP contribution in [0.5, 0.6) is 0 Å². The third-order valence-corrected chi connectivity index (χ3v) is 3.37. The first-order valence-corrected chi connectivity index (χ1v) is 7.12. The third-order valence-electron chi connectivity index (χ3n) is 3.37. The van der Waals surface area contributed by atoms with E-state index in [0.717, 1.165) is 0 Å². The Morgan fingerprint density at radius 1 is 1.52 bits per heavy atom. The van der Waals surface area contributed by atoms with Gasteiger partial charge in [-0.05, 0) is 37.8 Å². The van der Waals surface area contributed by atoms with E-state index in [1.54, 1.807) is 13.0 Å². The lowest BCUT2D eigenvalue weighted by Crippen LogP contribution is -2.37. The summed E-state index contributed by atoms with van der Waals surface area (Å²) in [6, 6.07) is 4.00. The zero-order valence-corrected chi connectivity index (χ0v) is 12.1. The number of carbonyl (C=O) groups is 1. The number of amides is 2. The molecule has 0 aromatic heterocycles. The van der Waals surface area contributed by atoms with Crippen LogP contribution in [-0.4, -0.2) is 37.0 Å². The van der Waals surface area contributed by atoms with Crippen LogP contribution in [0.3, 0.4) is 0 Å². The van der Waals surface area contributed by atoms with Crippen molar-refractivity contribution in [1.29, 1.82) is 0 Å². The first-order valence-electron chi connectivity index (χ1n) is 7.12. The number of halogens is 1. The van der Waals surface area contributed by atoms with Gasteiger partial charge in [0, 0.05) is 24.4 Å². The summed E-state index contributed by atoms with van der Waals surface area (Å²) in [6.07, 6.45) is 1.65. The zero-order chi connectivity index (χ0) is 15.2. The molecule has 0 bridgehead atoms. The Kier molecular flexibility index (Phi) is 5.52. The standard InChI is InChI=1S/C15H21FN2O3/c1-10-13(16)3-2-4-14(10)18-15(20)17-7-12(19)9-21-8-11-5-6-11/h2-4,11-12,19H,5-9H2,1H3,(H2,17,18,20). The van der Waals surface area contributed by atoms with Crippen LogP contribution in [0, 0.1) is 18.7 Å². The van der Waals surface area contributed by atoms with Gasteiger partial charge in [0.15, 0.2) is 0 Å². The van der Waals surface area contributed by atoms with Gasteiger partial charge in [-0.1, -0.05) is 6.07 Å². The van der Waals surface area contributed by atoms with Gasteiger partial charge in [-0.15, -0.1) is 0 Å². The molecule has 0 radical (unpaired) electrons. The second-order valence-corrected chi connectivity index (χ2v) is 5.38. The van der Waals surface area contributed by atoms with Crippen molar-refractivity contribution in [3.05, 3.63) is 29.6 Å². The first-order chi connectivity index (χ1) is 10.1. The molecule has 0 aliphatic heterocycles. The lowest BCUT2D eigenvalue weighted by atomic mass is 10.2. The molecule has 1 aromatic rings. The molecule has 1 unspecified atom stereocenters. The van der Waals surface area contributed by atoms with Gasteiger partial charge in [0.2, 0.25) is 0 Å². The maximum absolute atomic E-state index is 13.3. The molecule has 1 aliphatic rings. The summed E-state index contributed by atoms with van der Waals surface area (Å²) in [5.41, 5.74) is 0.785. The number of rotatable bonds is 7. The number of aliphatic hydroxyl groups is 1. The third kappa shape index (κ3) is 5.32. The Labute approximate surface area is 123 Å². The molecule has 116 valence electrons. The average Bonchev–Trinajstić information content (AvgIpc) is 3.26. The Balaban J connectivity index is 1.67. The highest BCUT2D eigenvalue weighted by Gasteiger charge is 2.21. The van der Waals surface area contributed by atoms with Gasteiger partial charge in [0.05, 0.1) is 12.7 Å². The van der Waals surface area contributed by atoms with Gasteiger partial charge in [-0.2, -0.15) is 0 Å². The molecule has 0 heterocycles. The second-order valence-electron chi connectivity index (χ2n) is 5.38. The fourth-order valence-corrected chi connectivity index (χ4v) is 1.83. The highest BCUT2D eigenvalue weighted by Crippen LogP contribution is 2.28. The van der Waals surface area contributed by atoms with E-state index < -0.39 is 12.1 Å². The number of ether oxygens (including phenoxy) is 1. The minimum absolute atomic E-state index is 0.0882. The molecule has 3 N–H and O–H groups in total. The van der Waals surface area contributed by atoms with Crippen molar-refractivity contribution in [2.75, 3.05) is 25.1 Å². The van der Waals surface area contributed by atoms with Crippen molar-refractivity contribution in [1.82, 2.24) is 5.32 Å². The van der Waals surface area contributed by atoms with Gasteiger partial charge < -0.3 is 20.5 Å². The summed E-state index contributed by atoms with van der Waals surface area (Å²) in [4.78, 5) is 11.7. The monoisotopic (exact) mass is 296 g/mol. The normalized spacial score (nSPS) is 15.6. The van der Waals surface area contributed by atoms with Crippen LogP contribution >= 0.6 is 0 Å². The molecule has 21 heavy (non-hydrogen) atoms. The van der Waals surface area contributed by atoms with Crippen molar-refractivity contribution in [2.24, 2.45) is 5.92 Å². The zero-order valence-electron chi connectivity index (χ0n) is 12.1. The molecule has 1 fully saturated rings. The summed E-state index contributed by atoms with van der Waals surface area (Å²) < 4.78 is 18.7. The van der Waals surface area contributed by atoms with Crippen LogP contribution in [0.2, 0.25) is 0 Å². The largest absolute Gasteiger partial charge is 0.389 e. The van der Waals surface area contributed by atoms with Crippen LogP contribution in [-0.2, 0) is 4.74 Å². The van der Waals surface area contributed by atoms with Gasteiger partial charge in [-0.3, -0.25) is 0 Å². The second kappa shape index (κ2) is 7.38. The molecule has 1 saturated carbocycles. The van der Waals surface area contributed by atoms with Crippen LogP contribution in [0.4, 0.5) is 14.9 Å². The molecule has 1 aliphatic carbocycles. The van der Waals surface area contributed by atoms with Gasteiger partial charge in [-0.25, -0.2) is 9.18 Å². The van der Waals surface area contributed by atoms with Crippen LogP contribution in [0.1, 0.15) is 18.4 Å². The van der Waals surface area contributed by atoms with E-state index in [1.807, 2.05) is 0 Å². The summed E-state index contributed by atoms with van der Waals surface area (Å²) in [5, 5.41) is 14.7. The Morgan fingerprint density at radius 2 is 2.29 bits per heavy atom. The van der Waals surface area contributed by atoms with Crippen LogP contribution in [0.15, 0.2) is 18.2 Å². The minimum atomic E-state index is -0.747. The van der Waals surface area contributed by atoms with Crippen molar-refractivity contribution in [2.45, 2.75) is 25.9 Å². The van der Waals surface area contributed by atoms with Gasteiger partial charge in [0.25, 0.3) is 0 Å². The lowest BCUT2D eigenvalue weighted by molar-refractivity contribution is 0.0339. The number of hydrogen-bond donors (Lipinski definition) is 3. The molecular formula is C15H21FN2O3. The summed E-state index contributed by atoms with van der Waals surface area (Å²) >= 11 is 0. The molecule has 0 saturated heterocycles. The number of benzene rings is 1. The predicted octanol–water partition coefficient (Wildman–Crippen LogP) is 2.04. The van der Waals surface area contributed by atoms with E-state index >= 15 is 0 Å². The Bertz CT molecular complexity index is 492. The van der Waals surface area contributed by atoms with Crippen LogP contribution < -0.4 is 10.6 Å². The van der Waals surface area contributed by atoms with E-state index in [2.05, 4.69) is 10.6 Å². The van der Waals surface area contributed by atoms with Crippen molar-refractivity contribution in [3.8, 4) is 0 Å². The van der Waals surface area contributed by atoms with Gasteiger partial charge >= 0.3 is 6.03 Å². The highest BCUT2D eigenvalue weighted by atomic mass is 19.1. The van der Waals surface area contributed by atoms with E-state index in [4.69, 9.17) is 4.74 Å². The first kappa shape index (κ1) is 15.7. The molecule has 5 nitrogen and oxygen atoms in total. The number of nitrogens with one attached hydrogen (secondary N) is 2.